The molecule has 1 amide bonds. The Hall–Kier alpha value is -2.26. The Kier molecular flexibility index (Phi) is 8.41. The van der Waals surface area contributed by atoms with Gasteiger partial charge in [-0.3, -0.25) is 9.59 Å². The zero-order valence-electron chi connectivity index (χ0n) is 15.1. The fraction of sp³-hybridized carbons (Fsp3) is 0.333. The number of amides is 1. The number of benzene rings is 1. The number of carbonyl (C=O) groups is 2. The van der Waals surface area contributed by atoms with Gasteiger partial charge in [0.15, 0.2) is 5.16 Å². The quantitative estimate of drug-likeness (QED) is 0.374. The third-order valence-electron chi connectivity index (χ3n) is 3.26. The smallest absolute Gasteiger partial charge is 0.340 e. The van der Waals surface area contributed by atoms with E-state index in [1.807, 2.05) is 6.92 Å². The number of aromatic amines is 1. The van der Waals surface area contributed by atoms with Crippen molar-refractivity contribution in [1.82, 2.24) is 9.97 Å². The van der Waals surface area contributed by atoms with E-state index in [4.69, 9.17) is 4.74 Å². The third-order valence-corrected chi connectivity index (χ3v) is 5.04. The van der Waals surface area contributed by atoms with Gasteiger partial charge < -0.3 is 15.0 Å². The molecule has 1 aromatic carbocycles. The van der Waals surface area contributed by atoms with Gasteiger partial charge in [-0.25, -0.2) is 9.78 Å². The molecule has 0 saturated heterocycles. The second kappa shape index (κ2) is 10.8. The minimum atomic E-state index is -0.492. The van der Waals surface area contributed by atoms with Gasteiger partial charge in [-0.2, -0.15) is 11.8 Å². The molecule has 7 nitrogen and oxygen atoms in total. The lowest BCUT2D eigenvalue weighted by molar-refractivity contribution is -0.113. The summed E-state index contributed by atoms with van der Waals surface area (Å²) in [6.45, 7) is 4.01. The first kappa shape index (κ1) is 21.0. The number of hydrogen-bond donors (Lipinski definition) is 2. The van der Waals surface area contributed by atoms with Crippen molar-refractivity contribution in [2.75, 3.05) is 23.4 Å². The highest BCUT2D eigenvalue weighted by molar-refractivity contribution is 7.99. The van der Waals surface area contributed by atoms with E-state index in [-0.39, 0.29) is 23.8 Å². The average Bonchev–Trinajstić information content (AvgIpc) is 2.65. The SMILES string of the molecule is CCOC(=O)c1ccccc1NC(=O)CSc1nc(CSCC)cc(=O)[nH]1. The zero-order chi connectivity index (χ0) is 19.6. The molecular weight excluding hydrogens is 386 g/mol. The number of ether oxygens (including phenoxy) is 1. The Labute approximate surface area is 165 Å². The summed E-state index contributed by atoms with van der Waals surface area (Å²) in [5, 5.41) is 3.09. The number of carbonyl (C=O) groups excluding carboxylic acids is 2. The molecule has 0 bridgehead atoms. The molecule has 0 saturated carbocycles. The van der Waals surface area contributed by atoms with Crippen molar-refractivity contribution in [1.29, 1.82) is 0 Å². The van der Waals surface area contributed by atoms with E-state index in [1.54, 1.807) is 43.0 Å². The van der Waals surface area contributed by atoms with Crippen LogP contribution in [0.5, 0.6) is 0 Å². The molecule has 0 radical (unpaired) electrons. The lowest BCUT2D eigenvalue weighted by Crippen LogP contribution is -2.18. The van der Waals surface area contributed by atoms with E-state index in [9.17, 15) is 14.4 Å². The van der Waals surface area contributed by atoms with E-state index >= 15 is 0 Å². The van der Waals surface area contributed by atoms with Gasteiger partial charge in [0.25, 0.3) is 5.56 Å². The number of esters is 1. The van der Waals surface area contributed by atoms with Crippen LogP contribution in [0, 0.1) is 0 Å². The molecule has 0 spiro atoms. The van der Waals surface area contributed by atoms with Crippen LogP contribution in [0.4, 0.5) is 5.69 Å². The Balaban J connectivity index is 2.00. The standard InChI is InChI=1S/C18H21N3O4S2/c1-3-25-17(24)13-7-5-6-8-14(13)20-16(23)11-27-18-19-12(10-26-4-2)9-15(22)21-18/h5-9H,3-4,10-11H2,1-2H3,(H,20,23)(H,19,21,22). The van der Waals surface area contributed by atoms with Crippen LogP contribution in [0.25, 0.3) is 0 Å². The normalized spacial score (nSPS) is 10.4. The molecule has 144 valence electrons. The Bertz CT molecular complexity index is 854. The lowest BCUT2D eigenvalue weighted by atomic mass is 10.2. The maximum atomic E-state index is 12.3. The topological polar surface area (TPSA) is 101 Å². The number of aromatic nitrogens is 2. The number of anilines is 1. The fourth-order valence-electron chi connectivity index (χ4n) is 2.13. The second-order valence-corrected chi connectivity index (χ2v) is 7.52. The summed E-state index contributed by atoms with van der Waals surface area (Å²) in [7, 11) is 0. The van der Waals surface area contributed by atoms with Gasteiger partial charge in [0, 0.05) is 11.8 Å². The minimum Gasteiger partial charge on any atom is -0.462 e. The largest absolute Gasteiger partial charge is 0.462 e. The average molecular weight is 408 g/mol. The monoisotopic (exact) mass is 407 g/mol. The number of hydrogen-bond acceptors (Lipinski definition) is 7. The summed E-state index contributed by atoms with van der Waals surface area (Å²) in [4.78, 5) is 42.9. The maximum absolute atomic E-state index is 12.3. The number of rotatable bonds is 9. The van der Waals surface area contributed by atoms with Crippen molar-refractivity contribution < 1.29 is 14.3 Å². The summed E-state index contributed by atoms with van der Waals surface area (Å²) in [6.07, 6.45) is 0. The minimum absolute atomic E-state index is 0.0461. The van der Waals surface area contributed by atoms with E-state index in [1.165, 1.54) is 6.07 Å². The van der Waals surface area contributed by atoms with Crippen molar-refractivity contribution in [3.63, 3.8) is 0 Å². The molecule has 0 aliphatic rings. The second-order valence-electron chi connectivity index (χ2n) is 5.28. The molecule has 1 aromatic heterocycles. The van der Waals surface area contributed by atoms with Crippen LogP contribution in [-0.2, 0) is 15.3 Å². The number of nitrogens with zero attached hydrogens (tertiary/aromatic N) is 1. The fourth-order valence-corrected chi connectivity index (χ4v) is 3.39. The Morgan fingerprint density at radius 1 is 1.26 bits per heavy atom. The van der Waals surface area contributed by atoms with Crippen LogP contribution >= 0.6 is 23.5 Å². The zero-order valence-corrected chi connectivity index (χ0v) is 16.7. The van der Waals surface area contributed by atoms with E-state index < -0.39 is 5.97 Å². The van der Waals surface area contributed by atoms with Gasteiger partial charge in [0.2, 0.25) is 5.91 Å². The number of nitrogens with one attached hydrogen (secondary N) is 2. The molecular formula is C18H21N3O4S2. The first-order valence-corrected chi connectivity index (χ1v) is 10.5. The first-order chi connectivity index (χ1) is 13.0. The van der Waals surface area contributed by atoms with E-state index in [2.05, 4.69) is 15.3 Å². The predicted molar refractivity (Wildman–Crippen MR) is 108 cm³/mol. The molecule has 2 aromatic rings. The van der Waals surface area contributed by atoms with Crippen molar-refractivity contribution in [2.24, 2.45) is 0 Å². The van der Waals surface area contributed by atoms with Crippen LogP contribution < -0.4 is 10.9 Å². The van der Waals surface area contributed by atoms with E-state index in [0.717, 1.165) is 17.5 Å². The highest BCUT2D eigenvalue weighted by Crippen LogP contribution is 2.18. The molecule has 0 aliphatic heterocycles. The summed E-state index contributed by atoms with van der Waals surface area (Å²) in [5.41, 5.74) is 1.12. The van der Waals surface area contributed by atoms with Gasteiger partial charge in [0.05, 0.1) is 29.3 Å². The summed E-state index contributed by atoms with van der Waals surface area (Å²) < 4.78 is 4.99. The predicted octanol–water partition coefficient (Wildman–Crippen LogP) is 2.93. The summed E-state index contributed by atoms with van der Waals surface area (Å²) in [5.74, 6) is 0.817. The third kappa shape index (κ3) is 6.76. The molecule has 1 heterocycles. The van der Waals surface area contributed by atoms with E-state index in [0.29, 0.717) is 27.9 Å². The highest BCUT2D eigenvalue weighted by atomic mass is 32.2. The van der Waals surface area contributed by atoms with Crippen LogP contribution in [0.1, 0.15) is 29.9 Å². The number of para-hydroxylation sites is 1. The number of H-pyrrole nitrogens is 1. The van der Waals surface area contributed by atoms with Crippen molar-refractivity contribution in [2.45, 2.75) is 24.8 Å². The molecule has 0 aliphatic carbocycles. The van der Waals surface area contributed by atoms with Crippen LogP contribution in [-0.4, -0.2) is 40.0 Å². The highest BCUT2D eigenvalue weighted by Gasteiger charge is 2.14. The molecule has 27 heavy (non-hydrogen) atoms. The number of thioether (sulfide) groups is 2. The molecule has 2 N–H and O–H groups in total. The Morgan fingerprint density at radius 2 is 2.04 bits per heavy atom. The van der Waals surface area contributed by atoms with Crippen LogP contribution in [0.15, 0.2) is 40.3 Å². The van der Waals surface area contributed by atoms with Gasteiger partial charge in [-0.15, -0.1) is 0 Å². The molecule has 9 heteroatoms. The molecule has 0 atom stereocenters. The first-order valence-electron chi connectivity index (χ1n) is 8.40. The lowest BCUT2D eigenvalue weighted by Gasteiger charge is -2.10. The summed E-state index contributed by atoms with van der Waals surface area (Å²) >= 11 is 2.80. The Morgan fingerprint density at radius 3 is 2.78 bits per heavy atom. The van der Waals surface area contributed by atoms with Crippen molar-refractivity contribution in [3.8, 4) is 0 Å². The maximum Gasteiger partial charge on any atom is 0.340 e. The van der Waals surface area contributed by atoms with Gasteiger partial charge in [0.1, 0.15) is 0 Å². The molecule has 0 unspecified atom stereocenters. The summed E-state index contributed by atoms with van der Waals surface area (Å²) in [6, 6.07) is 8.11. The van der Waals surface area contributed by atoms with Crippen molar-refractivity contribution >= 4 is 41.1 Å². The molecule has 0 fully saturated rings. The van der Waals surface area contributed by atoms with Gasteiger partial charge >= 0.3 is 5.97 Å². The van der Waals surface area contributed by atoms with Crippen LogP contribution in [0.3, 0.4) is 0 Å². The van der Waals surface area contributed by atoms with Gasteiger partial charge in [-0.05, 0) is 24.8 Å². The van der Waals surface area contributed by atoms with Crippen LogP contribution in [0.2, 0.25) is 0 Å². The van der Waals surface area contributed by atoms with Gasteiger partial charge in [-0.1, -0.05) is 30.8 Å². The van der Waals surface area contributed by atoms with Crippen molar-refractivity contribution in [3.05, 3.63) is 51.9 Å². The molecule has 2 rings (SSSR count).